The van der Waals surface area contributed by atoms with E-state index in [1.54, 1.807) is 7.11 Å². The molecule has 1 saturated heterocycles. The van der Waals surface area contributed by atoms with Crippen LogP contribution in [0.2, 0.25) is 0 Å². The Kier molecular flexibility index (Phi) is 3.85. The highest BCUT2D eigenvalue weighted by atomic mass is 16.7. The fourth-order valence-electron chi connectivity index (χ4n) is 4.03. The topological polar surface area (TPSA) is 27.7 Å². The molecule has 4 aromatic carbocycles. The molecule has 1 fully saturated rings. The number of hydrogen-bond acceptors (Lipinski definition) is 3. The lowest BCUT2D eigenvalue weighted by molar-refractivity contribution is -0.128. The van der Waals surface area contributed by atoms with Crippen LogP contribution >= 0.6 is 0 Å². The van der Waals surface area contributed by atoms with E-state index in [2.05, 4.69) is 54.6 Å². The number of ether oxygens (including phenoxy) is 3. The molecule has 0 bridgehead atoms. The Morgan fingerprint density at radius 1 is 0.741 bits per heavy atom. The fourth-order valence-corrected chi connectivity index (χ4v) is 4.03. The van der Waals surface area contributed by atoms with E-state index in [9.17, 15) is 0 Å². The number of rotatable bonds is 3. The smallest absolute Gasteiger partial charge is 0.223 e. The van der Waals surface area contributed by atoms with Crippen molar-refractivity contribution in [3.8, 4) is 5.75 Å². The molecule has 3 nitrogen and oxygen atoms in total. The lowest BCUT2D eigenvalue weighted by Gasteiger charge is -2.30. The SMILES string of the molecule is COc1ccc(C2(c3cc4ccccc4c4ccccc34)OCCO2)cc1. The third kappa shape index (κ3) is 2.51. The van der Waals surface area contributed by atoms with Crippen molar-refractivity contribution in [2.75, 3.05) is 20.3 Å². The molecule has 3 heteroatoms. The summed E-state index contributed by atoms with van der Waals surface area (Å²) in [5.41, 5.74) is 2.01. The summed E-state index contributed by atoms with van der Waals surface area (Å²) in [7, 11) is 1.67. The molecule has 1 aliphatic rings. The summed E-state index contributed by atoms with van der Waals surface area (Å²) < 4.78 is 17.9. The van der Waals surface area contributed by atoms with Gasteiger partial charge in [0.25, 0.3) is 0 Å². The second-order valence-electron chi connectivity index (χ2n) is 6.73. The highest BCUT2D eigenvalue weighted by Gasteiger charge is 2.42. The average molecular weight is 356 g/mol. The van der Waals surface area contributed by atoms with Gasteiger partial charge in [0.1, 0.15) is 5.75 Å². The van der Waals surface area contributed by atoms with Gasteiger partial charge in [0, 0.05) is 11.1 Å². The van der Waals surface area contributed by atoms with E-state index in [4.69, 9.17) is 14.2 Å². The zero-order valence-electron chi connectivity index (χ0n) is 15.1. The van der Waals surface area contributed by atoms with Crippen molar-refractivity contribution < 1.29 is 14.2 Å². The summed E-state index contributed by atoms with van der Waals surface area (Å²) in [5.74, 6) is -0.0918. The number of benzene rings is 4. The molecule has 0 radical (unpaired) electrons. The van der Waals surface area contributed by atoms with Gasteiger partial charge in [0.2, 0.25) is 5.79 Å². The van der Waals surface area contributed by atoms with Gasteiger partial charge in [0.05, 0.1) is 20.3 Å². The largest absolute Gasteiger partial charge is 0.497 e. The molecule has 4 aromatic rings. The van der Waals surface area contributed by atoms with Gasteiger partial charge in [-0.1, -0.05) is 48.5 Å². The molecule has 0 spiro atoms. The summed E-state index contributed by atoms with van der Waals surface area (Å²) in [4.78, 5) is 0. The molecule has 134 valence electrons. The average Bonchev–Trinajstić information content (AvgIpc) is 3.24. The monoisotopic (exact) mass is 356 g/mol. The third-order valence-electron chi connectivity index (χ3n) is 5.29. The Morgan fingerprint density at radius 3 is 2.07 bits per heavy atom. The maximum Gasteiger partial charge on any atom is 0.223 e. The van der Waals surface area contributed by atoms with Crippen LogP contribution in [0.15, 0.2) is 78.9 Å². The van der Waals surface area contributed by atoms with Crippen molar-refractivity contribution in [1.82, 2.24) is 0 Å². The molecular weight excluding hydrogens is 336 g/mol. The Balaban J connectivity index is 1.82. The predicted octanol–water partition coefficient (Wildman–Crippen LogP) is 5.25. The maximum atomic E-state index is 6.28. The summed E-state index contributed by atoms with van der Waals surface area (Å²) in [6, 6.07) is 27.1. The van der Waals surface area contributed by atoms with Gasteiger partial charge in [-0.2, -0.15) is 0 Å². The first-order chi connectivity index (χ1) is 13.3. The molecule has 0 unspecified atom stereocenters. The van der Waals surface area contributed by atoms with Crippen LogP contribution < -0.4 is 4.74 Å². The van der Waals surface area contributed by atoms with Crippen molar-refractivity contribution in [2.24, 2.45) is 0 Å². The molecule has 0 aromatic heterocycles. The number of fused-ring (bicyclic) bond motifs is 3. The van der Waals surface area contributed by atoms with Crippen molar-refractivity contribution in [1.29, 1.82) is 0 Å². The molecule has 0 amide bonds. The van der Waals surface area contributed by atoms with Crippen LogP contribution in [0.3, 0.4) is 0 Å². The Bertz CT molecular complexity index is 1110. The molecule has 0 saturated carbocycles. The van der Waals surface area contributed by atoms with Gasteiger partial charge in [-0.15, -0.1) is 0 Å². The van der Waals surface area contributed by atoms with Gasteiger partial charge in [-0.25, -0.2) is 0 Å². The predicted molar refractivity (Wildman–Crippen MR) is 107 cm³/mol. The summed E-state index contributed by atoms with van der Waals surface area (Å²) in [5, 5.41) is 4.77. The lowest BCUT2D eigenvalue weighted by atomic mass is 9.89. The molecule has 0 aliphatic carbocycles. The van der Waals surface area contributed by atoms with Gasteiger partial charge < -0.3 is 14.2 Å². The zero-order valence-corrected chi connectivity index (χ0v) is 15.1. The van der Waals surface area contributed by atoms with Crippen molar-refractivity contribution in [2.45, 2.75) is 5.79 Å². The van der Waals surface area contributed by atoms with Gasteiger partial charge in [0.15, 0.2) is 0 Å². The van der Waals surface area contributed by atoms with Crippen LogP contribution in [0.1, 0.15) is 11.1 Å². The molecule has 5 rings (SSSR count). The Hall–Kier alpha value is -2.88. The first-order valence-corrected chi connectivity index (χ1v) is 9.15. The quantitative estimate of drug-likeness (QED) is 0.469. The third-order valence-corrected chi connectivity index (χ3v) is 5.29. The van der Waals surface area contributed by atoms with Crippen LogP contribution in [0.5, 0.6) is 5.75 Å². The summed E-state index contributed by atoms with van der Waals surface area (Å²) in [6.45, 7) is 1.13. The van der Waals surface area contributed by atoms with Crippen LogP contribution in [-0.4, -0.2) is 20.3 Å². The molecule has 0 atom stereocenters. The Morgan fingerprint density at radius 2 is 1.37 bits per heavy atom. The Labute approximate surface area is 158 Å². The second-order valence-corrected chi connectivity index (χ2v) is 6.73. The van der Waals surface area contributed by atoms with E-state index in [0.717, 1.165) is 22.3 Å². The maximum absolute atomic E-state index is 6.28. The number of methoxy groups -OCH3 is 1. The van der Waals surface area contributed by atoms with E-state index >= 15 is 0 Å². The molecule has 27 heavy (non-hydrogen) atoms. The van der Waals surface area contributed by atoms with Crippen LogP contribution in [0, 0.1) is 0 Å². The molecule has 1 aliphatic heterocycles. The van der Waals surface area contributed by atoms with E-state index < -0.39 is 5.79 Å². The highest BCUT2D eigenvalue weighted by molar-refractivity contribution is 6.09. The van der Waals surface area contributed by atoms with E-state index in [0.29, 0.717) is 13.2 Å². The minimum absolute atomic E-state index is 0.563. The minimum Gasteiger partial charge on any atom is -0.497 e. The van der Waals surface area contributed by atoms with E-state index in [-0.39, 0.29) is 0 Å². The van der Waals surface area contributed by atoms with Gasteiger partial charge in [-0.3, -0.25) is 0 Å². The standard InChI is InChI=1S/C24H20O3/c1-25-19-12-10-18(11-13-19)24(26-14-15-27-24)23-16-17-6-2-3-7-20(17)21-8-4-5-9-22(21)23/h2-13,16H,14-15H2,1H3. The van der Waals surface area contributed by atoms with Crippen LogP contribution in [0.25, 0.3) is 21.5 Å². The van der Waals surface area contributed by atoms with Crippen molar-refractivity contribution in [3.63, 3.8) is 0 Å². The van der Waals surface area contributed by atoms with Crippen LogP contribution in [-0.2, 0) is 15.3 Å². The lowest BCUT2D eigenvalue weighted by Crippen LogP contribution is -2.29. The summed E-state index contributed by atoms with van der Waals surface area (Å²) in [6.07, 6.45) is 0. The first kappa shape index (κ1) is 16.3. The first-order valence-electron chi connectivity index (χ1n) is 9.15. The normalized spacial score (nSPS) is 16.0. The number of hydrogen-bond donors (Lipinski definition) is 0. The highest BCUT2D eigenvalue weighted by Crippen LogP contribution is 2.43. The molecular formula is C24H20O3. The van der Waals surface area contributed by atoms with Gasteiger partial charge in [-0.05, 0) is 51.9 Å². The minimum atomic E-state index is -0.907. The molecule has 0 N–H and O–H groups in total. The molecule has 1 heterocycles. The van der Waals surface area contributed by atoms with Crippen molar-refractivity contribution >= 4 is 21.5 Å². The summed E-state index contributed by atoms with van der Waals surface area (Å²) >= 11 is 0. The van der Waals surface area contributed by atoms with Crippen molar-refractivity contribution in [3.05, 3.63) is 90.0 Å². The van der Waals surface area contributed by atoms with Crippen LogP contribution in [0.4, 0.5) is 0 Å². The zero-order chi connectivity index (χ0) is 18.3. The fraction of sp³-hybridized carbons (Fsp3) is 0.167. The van der Waals surface area contributed by atoms with E-state index in [1.807, 2.05) is 24.3 Å². The second kappa shape index (κ2) is 6.38. The van der Waals surface area contributed by atoms with Gasteiger partial charge >= 0.3 is 0 Å². The van der Waals surface area contributed by atoms with E-state index in [1.165, 1.54) is 16.2 Å².